The third kappa shape index (κ3) is 5.41. The Hall–Kier alpha value is -0.920. The number of sulfone groups is 2. The molecule has 0 saturated heterocycles. The van der Waals surface area contributed by atoms with Crippen LogP contribution < -0.4 is 0 Å². The first-order valence-corrected chi connectivity index (χ1v) is 10.4. The van der Waals surface area contributed by atoms with E-state index < -0.39 is 25.8 Å². The Morgan fingerprint density at radius 3 is 2.05 bits per heavy atom. The van der Waals surface area contributed by atoms with Gasteiger partial charge in [-0.25, -0.2) is 16.8 Å². The van der Waals surface area contributed by atoms with Crippen LogP contribution in [0, 0.1) is 5.92 Å². The van der Waals surface area contributed by atoms with E-state index in [-0.39, 0.29) is 22.1 Å². The van der Waals surface area contributed by atoms with E-state index in [0.717, 1.165) is 12.5 Å². The van der Waals surface area contributed by atoms with Crippen LogP contribution in [0.25, 0.3) is 0 Å². The predicted molar refractivity (Wildman–Crippen MR) is 81.8 cm³/mol. The number of benzene rings is 1. The summed E-state index contributed by atoms with van der Waals surface area (Å²) in [6.45, 7) is 3.93. The monoisotopic (exact) mass is 334 g/mol. The molecule has 0 spiro atoms. The van der Waals surface area contributed by atoms with Gasteiger partial charge in [0, 0.05) is 12.5 Å². The number of aliphatic hydroxyl groups is 1. The van der Waals surface area contributed by atoms with E-state index in [0.29, 0.717) is 12.0 Å². The van der Waals surface area contributed by atoms with Gasteiger partial charge in [-0.2, -0.15) is 0 Å². The van der Waals surface area contributed by atoms with Crippen molar-refractivity contribution >= 4 is 19.7 Å². The lowest BCUT2D eigenvalue weighted by atomic mass is 10.00. The van der Waals surface area contributed by atoms with Gasteiger partial charge < -0.3 is 5.11 Å². The minimum absolute atomic E-state index is 0.0340. The van der Waals surface area contributed by atoms with Crippen molar-refractivity contribution < 1.29 is 21.9 Å². The van der Waals surface area contributed by atoms with Crippen LogP contribution in [0.4, 0.5) is 0 Å². The van der Waals surface area contributed by atoms with Crippen molar-refractivity contribution in [3.8, 4) is 0 Å². The van der Waals surface area contributed by atoms with Gasteiger partial charge in [-0.15, -0.1) is 0 Å². The lowest BCUT2D eigenvalue weighted by molar-refractivity contribution is 0.148. The lowest BCUT2D eigenvalue weighted by Crippen LogP contribution is -2.16. The summed E-state index contributed by atoms with van der Waals surface area (Å²) >= 11 is 0. The van der Waals surface area contributed by atoms with Gasteiger partial charge in [-0.3, -0.25) is 0 Å². The second-order valence-corrected chi connectivity index (χ2v) is 9.80. The van der Waals surface area contributed by atoms with E-state index in [2.05, 4.69) is 0 Å². The van der Waals surface area contributed by atoms with Crippen LogP contribution in [-0.2, 0) is 26.1 Å². The van der Waals surface area contributed by atoms with Gasteiger partial charge in [0.15, 0.2) is 19.7 Å². The summed E-state index contributed by atoms with van der Waals surface area (Å²) in [5.41, 5.74) is 0.443. The van der Waals surface area contributed by atoms with Gasteiger partial charge in [-0.1, -0.05) is 19.9 Å². The van der Waals surface area contributed by atoms with Gasteiger partial charge in [-0.05, 0) is 36.5 Å². The van der Waals surface area contributed by atoms with E-state index in [1.807, 2.05) is 13.8 Å². The molecule has 0 fully saturated rings. The van der Waals surface area contributed by atoms with Crippen molar-refractivity contribution in [3.05, 3.63) is 23.8 Å². The molecular formula is C14H22O5S2. The van der Waals surface area contributed by atoms with Crippen LogP contribution in [0.15, 0.2) is 28.0 Å². The van der Waals surface area contributed by atoms with Crippen LogP contribution >= 0.6 is 0 Å². The van der Waals surface area contributed by atoms with E-state index in [4.69, 9.17) is 0 Å². The highest BCUT2D eigenvalue weighted by molar-refractivity contribution is 7.91. The quantitative estimate of drug-likeness (QED) is 0.850. The maximum absolute atomic E-state index is 11.9. The molecule has 120 valence electrons. The van der Waals surface area contributed by atoms with Gasteiger partial charge in [0.2, 0.25) is 0 Å². The standard InChI is InChI=1S/C14H22O5S2/c1-10(2)7-12(15)8-11-5-6-13(20(3,16)17)9-14(11)21(4,18)19/h5-6,9-10,12,15H,7-8H2,1-4H3. The summed E-state index contributed by atoms with van der Waals surface area (Å²) in [5, 5.41) is 9.98. The Balaban J connectivity index is 3.28. The third-order valence-electron chi connectivity index (χ3n) is 3.07. The van der Waals surface area contributed by atoms with Gasteiger partial charge in [0.1, 0.15) is 0 Å². The van der Waals surface area contributed by atoms with Gasteiger partial charge >= 0.3 is 0 Å². The van der Waals surface area contributed by atoms with Crippen molar-refractivity contribution in [1.82, 2.24) is 0 Å². The first-order chi connectivity index (χ1) is 9.41. The van der Waals surface area contributed by atoms with Crippen molar-refractivity contribution in [1.29, 1.82) is 0 Å². The summed E-state index contributed by atoms with van der Waals surface area (Å²) in [4.78, 5) is -0.0711. The molecule has 0 aromatic heterocycles. The molecule has 0 aliphatic heterocycles. The lowest BCUT2D eigenvalue weighted by Gasteiger charge is -2.15. The van der Waals surface area contributed by atoms with Crippen LogP contribution in [0.2, 0.25) is 0 Å². The molecule has 1 unspecified atom stereocenters. The van der Waals surface area contributed by atoms with Crippen molar-refractivity contribution in [3.63, 3.8) is 0 Å². The Kier molecular flexibility index (Phi) is 5.57. The summed E-state index contributed by atoms with van der Waals surface area (Å²) < 4.78 is 46.8. The second kappa shape index (κ2) is 6.46. The molecule has 0 bridgehead atoms. The van der Waals surface area contributed by atoms with Crippen LogP contribution in [-0.4, -0.2) is 40.6 Å². The van der Waals surface area contributed by atoms with Crippen molar-refractivity contribution in [2.75, 3.05) is 12.5 Å². The van der Waals surface area contributed by atoms with E-state index in [1.165, 1.54) is 18.2 Å². The molecule has 1 aromatic carbocycles. The maximum atomic E-state index is 11.9. The molecule has 21 heavy (non-hydrogen) atoms. The molecule has 5 nitrogen and oxygen atoms in total. The number of rotatable bonds is 6. The topological polar surface area (TPSA) is 88.5 Å². The Morgan fingerprint density at radius 2 is 1.62 bits per heavy atom. The number of hydrogen-bond acceptors (Lipinski definition) is 5. The molecule has 0 saturated carbocycles. The first kappa shape index (κ1) is 18.1. The Bertz CT molecular complexity index is 703. The fourth-order valence-electron chi connectivity index (χ4n) is 2.16. The Labute approximate surface area is 126 Å². The zero-order chi connectivity index (χ0) is 16.4. The van der Waals surface area contributed by atoms with Gasteiger partial charge in [0.25, 0.3) is 0 Å². The maximum Gasteiger partial charge on any atom is 0.175 e. The number of hydrogen-bond donors (Lipinski definition) is 1. The van der Waals surface area contributed by atoms with Crippen LogP contribution in [0.1, 0.15) is 25.8 Å². The summed E-state index contributed by atoms with van der Waals surface area (Å²) in [5.74, 6) is 0.289. The average molecular weight is 334 g/mol. The minimum Gasteiger partial charge on any atom is -0.393 e. The Morgan fingerprint density at radius 1 is 1.05 bits per heavy atom. The molecule has 0 amide bonds. The smallest absolute Gasteiger partial charge is 0.175 e. The highest BCUT2D eigenvalue weighted by atomic mass is 32.2. The highest BCUT2D eigenvalue weighted by Crippen LogP contribution is 2.23. The third-order valence-corrected chi connectivity index (χ3v) is 5.35. The molecule has 0 aliphatic carbocycles. The minimum atomic E-state index is -3.57. The molecular weight excluding hydrogens is 312 g/mol. The predicted octanol–water partition coefficient (Wildman–Crippen LogP) is 1.44. The summed E-state index contributed by atoms with van der Waals surface area (Å²) in [6.07, 6.45) is 2.14. The zero-order valence-electron chi connectivity index (χ0n) is 12.7. The summed E-state index contributed by atoms with van der Waals surface area (Å²) in [6, 6.07) is 4.01. The molecule has 0 radical (unpaired) electrons. The fourth-order valence-corrected chi connectivity index (χ4v) is 3.85. The molecule has 0 heterocycles. The SMILES string of the molecule is CC(C)CC(O)Cc1ccc(S(C)(=O)=O)cc1S(C)(=O)=O. The average Bonchev–Trinajstić information content (AvgIpc) is 2.24. The largest absolute Gasteiger partial charge is 0.393 e. The zero-order valence-corrected chi connectivity index (χ0v) is 14.3. The van der Waals surface area contributed by atoms with Crippen molar-refractivity contribution in [2.24, 2.45) is 5.92 Å². The van der Waals surface area contributed by atoms with Crippen molar-refractivity contribution in [2.45, 2.75) is 42.6 Å². The molecule has 1 N–H and O–H groups in total. The van der Waals surface area contributed by atoms with E-state index in [1.54, 1.807) is 0 Å². The highest BCUT2D eigenvalue weighted by Gasteiger charge is 2.20. The molecule has 7 heteroatoms. The summed E-state index contributed by atoms with van der Waals surface area (Å²) in [7, 11) is -7.04. The van der Waals surface area contributed by atoms with Crippen LogP contribution in [0.5, 0.6) is 0 Å². The van der Waals surface area contributed by atoms with E-state index in [9.17, 15) is 21.9 Å². The second-order valence-electron chi connectivity index (χ2n) is 5.80. The molecule has 1 rings (SSSR count). The van der Waals surface area contributed by atoms with Crippen LogP contribution in [0.3, 0.4) is 0 Å². The van der Waals surface area contributed by atoms with Gasteiger partial charge in [0.05, 0.1) is 15.9 Å². The molecule has 1 atom stereocenters. The first-order valence-electron chi connectivity index (χ1n) is 6.62. The molecule has 0 aliphatic rings. The van der Waals surface area contributed by atoms with E-state index >= 15 is 0 Å². The fraction of sp³-hybridized carbons (Fsp3) is 0.571. The normalized spacial score (nSPS) is 14.4. The number of aliphatic hydroxyl groups excluding tert-OH is 1. The molecule has 1 aromatic rings.